The van der Waals surface area contributed by atoms with Gasteiger partial charge in [-0.05, 0) is 83.5 Å². The summed E-state index contributed by atoms with van der Waals surface area (Å²) in [5.41, 5.74) is -0.780. The van der Waals surface area contributed by atoms with E-state index in [2.05, 4.69) is 74.6 Å². The lowest BCUT2D eigenvalue weighted by Gasteiger charge is -2.55. The monoisotopic (exact) mass is 692 g/mol. The third kappa shape index (κ3) is 6.24. The van der Waals surface area contributed by atoms with Gasteiger partial charge >= 0.3 is 0 Å². The zero-order chi connectivity index (χ0) is 34.7. The van der Waals surface area contributed by atoms with E-state index in [-0.39, 0.29) is 78.6 Å². The van der Waals surface area contributed by atoms with Crippen LogP contribution >= 0.6 is 0 Å². The van der Waals surface area contributed by atoms with E-state index in [0.717, 1.165) is 38.5 Å². The van der Waals surface area contributed by atoms with Crippen LogP contribution in [0.25, 0.3) is 0 Å². The van der Waals surface area contributed by atoms with Crippen molar-refractivity contribution in [1.29, 1.82) is 0 Å². The minimum absolute atomic E-state index is 0.000283. The molecule has 0 radical (unpaired) electrons. The highest BCUT2D eigenvalue weighted by molar-refractivity contribution is 6.74. The van der Waals surface area contributed by atoms with Crippen LogP contribution in [0.4, 0.5) is 0 Å². The van der Waals surface area contributed by atoms with E-state index in [4.69, 9.17) is 37.6 Å². The quantitative estimate of drug-likeness (QED) is 0.204. The maximum atomic E-state index is 10.0. The molecule has 0 bridgehead atoms. The first-order valence-corrected chi connectivity index (χ1v) is 21.8. The van der Waals surface area contributed by atoms with Gasteiger partial charge in [0.25, 0.3) is 0 Å². The maximum absolute atomic E-state index is 10.0. The fourth-order valence-corrected chi connectivity index (χ4v) is 10.9. The molecule has 15 atom stereocenters. The minimum Gasteiger partial charge on any atom is -0.411 e. The summed E-state index contributed by atoms with van der Waals surface area (Å²) < 4.78 is 54.9. The van der Waals surface area contributed by atoms with Crippen LogP contribution < -0.4 is 0 Å². The van der Waals surface area contributed by atoms with Gasteiger partial charge < -0.3 is 42.7 Å². The van der Waals surface area contributed by atoms with E-state index in [1.807, 2.05) is 6.92 Å². The number of aliphatic hydroxyl groups excluding tert-OH is 1. The number of ether oxygens (including phenoxy) is 7. The Morgan fingerprint density at radius 3 is 2.31 bits per heavy atom. The molecule has 10 heteroatoms. The number of aliphatic hydroxyl groups is 1. The molecule has 274 valence electrons. The molecular formula is C38H64O9Si. The Bertz CT molecular complexity index is 1250. The molecule has 1 N–H and O–H groups in total. The minimum atomic E-state index is -2.16. The van der Waals surface area contributed by atoms with Crippen molar-refractivity contribution < 1.29 is 42.7 Å². The van der Waals surface area contributed by atoms with E-state index in [0.29, 0.717) is 13.0 Å². The van der Waals surface area contributed by atoms with Crippen molar-refractivity contribution in [2.75, 3.05) is 13.2 Å². The summed E-state index contributed by atoms with van der Waals surface area (Å²) >= 11 is 0. The Kier molecular flexibility index (Phi) is 9.05. The maximum Gasteiger partial charge on any atom is 0.192 e. The molecule has 0 spiro atoms. The molecule has 0 aliphatic carbocycles. The first kappa shape index (κ1) is 36.0. The summed E-state index contributed by atoms with van der Waals surface area (Å²) in [6, 6.07) is 0. The molecule has 0 saturated carbocycles. The van der Waals surface area contributed by atoms with Crippen molar-refractivity contribution in [3.8, 4) is 0 Å². The number of epoxide rings is 1. The fraction of sp³-hybridized carbons (Fsp3) is 0.947. The molecule has 48 heavy (non-hydrogen) atoms. The van der Waals surface area contributed by atoms with Crippen LogP contribution in [0.5, 0.6) is 0 Å². The highest BCUT2D eigenvalue weighted by Gasteiger charge is 2.63. The summed E-state index contributed by atoms with van der Waals surface area (Å²) in [4.78, 5) is 0. The van der Waals surface area contributed by atoms with Gasteiger partial charge in [-0.2, -0.15) is 0 Å². The molecule has 0 unspecified atom stereocenters. The van der Waals surface area contributed by atoms with Crippen molar-refractivity contribution >= 4 is 8.32 Å². The average molecular weight is 693 g/mol. The number of rotatable bonds is 5. The Morgan fingerprint density at radius 2 is 1.62 bits per heavy atom. The molecule has 7 aliphatic rings. The molecule has 0 amide bonds. The van der Waals surface area contributed by atoms with Crippen LogP contribution in [0.2, 0.25) is 18.1 Å². The number of hydrogen-bond acceptors (Lipinski definition) is 9. The summed E-state index contributed by atoms with van der Waals surface area (Å²) in [7, 11) is -2.16. The predicted molar refractivity (Wildman–Crippen MR) is 185 cm³/mol. The van der Waals surface area contributed by atoms with Gasteiger partial charge in [0.1, 0.15) is 11.7 Å². The van der Waals surface area contributed by atoms with Crippen LogP contribution in [0.15, 0.2) is 11.6 Å². The van der Waals surface area contributed by atoms with Gasteiger partial charge in [0, 0.05) is 25.7 Å². The lowest BCUT2D eigenvalue weighted by Crippen LogP contribution is -2.64. The Balaban J connectivity index is 1.12. The Labute approximate surface area is 290 Å². The zero-order valence-corrected chi connectivity index (χ0v) is 32.5. The van der Waals surface area contributed by atoms with Crippen molar-refractivity contribution in [1.82, 2.24) is 0 Å². The van der Waals surface area contributed by atoms with Gasteiger partial charge in [0.05, 0.1) is 85.0 Å². The third-order valence-electron chi connectivity index (χ3n) is 14.0. The predicted octanol–water partition coefficient (Wildman–Crippen LogP) is 6.25. The molecule has 7 aliphatic heterocycles. The second kappa shape index (κ2) is 12.1. The summed E-state index contributed by atoms with van der Waals surface area (Å²) in [6.45, 7) is 25.3. The van der Waals surface area contributed by atoms with Gasteiger partial charge in [-0.3, -0.25) is 0 Å². The lowest BCUT2D eigenvalue weighted by molar-refractivity contribution is -0.293. The largest absolute Gasteiger partial charge is 0.411 e. The molecule has 0 aromatic heterocycles. The fourth-order valence-electron chi connectivity index (χ4n) is 9.48. The summed E-state index contributed by atoms with van der Waals surface area (Å²) in [5.74, 6) is 0.253. The van der Waals surface area contributed by atoms with Crippen LogP contribution in [-0.2, 0) is 37.6 Å². The van der Waals surface area contributed by atoms with E-state index < -0.39 is 30.7 Å². The Hall–Kier alpha value is -0.403. The van der Waals surface area contributed by atoms with Crippen molar-refractivity contribution in [2.45, 2.75) is 209 Å². The zero-order valence-electron chi connectivity index (χ0n) is 31.5. The highest BCUT2D eigenvalue weighted by atomic mass is 28.4. The topological polar surface area (TPSA) is 97.4 Å². The SMILES string of the molecule is CC1=CCO[C@H]2C[C@H]3O[C@H]4C[C@@H](C)[C@H]5O[C@H]6C[C@@H](O[Si](C)(C)C(C)(C)C)[C@](C)(C[C@H]7O[C@]7(C)CO)O[C@]6(C)CC[C@@H]5O[C@@H]4C[C@]3(C)O[C@H]12. The van der Waals surface area contributed by atoms with Gasteiger partial charge in [0.2, 0.25) is 0 Å². The number of hydrogen-bond donors (Lipinski definition) is 1. The lowest BCUT2D eigenvalue weighted by atomic mass is 9.77. The van der Waals surface area contributed by atoms with Gasteiger partial charge in [-0.25, -0.2) is 0 Å². The van der Waals surface area contributed by atoms with Crippen molar-refractivity contribution in [3.63, 3.8) is 0 Å². The molecular weight excluding hydrogens is 628 g/mol. The summed E-state index contributed by atoms with van der Waals surface area (Å²) in [5, 5.41) is 10.1. The molecule has 9 nitrogen and oxygen atoms in total. The third-order valence-corrected chi connectivity index (χ3v) is 18.4. The van der Waals surface area contributed by atoms with Crippen LogP contribution in [0.3, 0.4) is 0 Å². The molecule has 0 aromatic carbocycles. The average Bonchev–Trinajstić information content (AvgIpc) is 3.68. The first-order valence-electron chi connectivity index (χ1n) is 18.9. The van der Waals surface area contributed by atoms with Gasteiger partial charge in [-0.1, -0.05) is 33.8 Å². The Morgan fingerprint density at radius 1 is 0.896 bits per heavy atom. The second-order valence-electron chi connectivity index (χ2n) is 18.9. The highest BCUT2D eigenvalue weighted by Crippen LogP contribution is 2.53. The van der Waals surface area contributed by atoms with Gasteiger partial charge in [0.15, 0.2) is 8.32 Å². The standard InChI is InChI=1S/C38H64O9Si/c1-22-13-15-40-26-17-28-36(7,45-33(22)26)19-27-25(42-28)16-23(2)32-24(41-27)12-14-35(6)29(43-32)18-30(46-48(10,11)34(3,4)5)37(8,47-35)20-31-38(9,21-39)44-31/h13,23-33,39H,12,14-21H2,1-11H3/t23-,24+,25+,26+,27-,28-,29+,30-,31-,32-,33-,35-,36+,37+,38-/m1/s1. The van der Waals surface area contributed by atoms with Crippen molar-refractivity contribution in [3.05, 3.63) is 11.6 Å². The van der Waals surface area contributed by atoms with Crippen LogP contribution in [-0.4, -0.2) is 110 Å². The normalized spacial score (nSPS) is 52.3. The van der Waals surface area contributed by atoms with Crippen LogP contribution in [0, 0.1) is 5.92 Å². The van der Waals surface area contributed by atoms with E-state index in [1.165, 1.54) is 5.57 Å². The van der Waals surface area contributed by atoms with Gasteiger partial charge in [-0.15, -0.1) is 0 Å². The van der Waals surface area contributed by atoms with Crippen molar-refractivity contribution in [2.24, 2.45) is 5.92 Å². The first-order chi connectivity index (χ1) is 22.3. The molecule has 7 heterocycles. The molecule has 6 fully saturated rings. The van der Waals surface area contributed by atoms with E-state index in [9.17, 15) is 5.11 Å². The smallest absolute Gasteiger partial charge is 0.192 e. The van der Waals surface area contributed by atoms with E-state index in [1.54, 1.807) is 0 Å². The molecule has 6 saturated heterocycles. The second-order valence-corrected chi connectivity index (χ2v) is 23.7. The van der Waals surface area contributed by atoms with E-state index >= 15 is 0 Å². The number of fused-ring (bicyclic) bond motifs is 5. The molecule has 7 rings (SSSR count). The van der Waals surface area contributed by atoms with Crippen LogP contribution in [0.1, 0.15) is 107 Å². The summed E-state index contributed by atoms with van der Waals surface area (Å²) in [6.07, 6.45) is 7.26. The molecule has 0 aromatic rings.